The van der Waals surface area contributed by atoms with Crippen molar-refractivity contribution < 1.29 is 9.53 Å². The zero-order valence-corrected chi connectivity index (χ0v) is 8.08. The van der Waals surface area contributed by atoms with E-state index in [1.54, 1.807) is 0 Å². The average Bonchev–Trinajstić information content (AvgIpc) is 2.09. The highest BCUT2D eigenvalue weighted by atomic mass is 16.6. The van der Waals surface area contributed by atoms with Crippen molar-refractivity contribution in [2.24, 2.45) is 5.73 Å². The number of ether oxygens (including phenoxy) is 1. The number of amides is 1. The predicted molar refractivity (Wildman–Crippen MR) is 50.4 cm³/mol. The van der Waals surface area contributed by atoms with Crippen molar-refractivity contribution in [1.82, 2.24) is 5.32 Å². The highest BCUT2D eigenvalue weighted by Crippen LogP contribution is 2.19. The molecule has 4 heteroatoms. The molecule has 0 unspecified atom stereocenters. The Morgan fingerprint density at radius 1 is 1.46 bits per heavy atom. The Balaban J connectivity index is 2.18. The summed E-state index contributed by atoms with van der Waals surface area (Å²) in [6.07, 6.45) is 3.50. The molecule has 0 radical (unpaired) electrons. The van der Waals surface area contributed by atoms with Crippen molar-refractivity contribution in [2.45, 2.75) is 44.8 Å². The van der Waals surface area contributed by atoms with Gasteiger partial charge in [-0.15, -0.1) is 0 Å². The summed E-state index contributed by atoms with van der Waals surface area (Å²) in [6, 6.07) is 0.300. The molecule has 0 aromatic rings. The maximum absolute atomic E-state index is 11.0. The summed E-state index contributed by atoms with van der Waals surface area (Å²) in [5, 5.41) is 2.61. The molecule has 1 rings (SSSR count). The first-order valence-electron chi connectivity index (χ1n) is 4.92. The molecule has 0 heterocycles. The van der Waals surface area contributed by atoms with Crippen LogP contribution in [0.25, 0.3) is 0 Å². The molecule has 0 atom stereocenters. The first kappa shape index (κ1) is 10.3. The molecule has 1 amide bonds. The van der Waals surface area contributed by atoms with Crippen molar-refractivity contribution >= 4 is 6.09 Å². The minimum atomic E-state index is -0.303. The van der Waals surface area contributed by atoms with Gasteiger partial charge in [0.25, 0.3) is 0 Å². The number of nitrogens with two attached hydrogens (primary N) is 1. The van der Waals surface area contributed by atoms with E-state index in [9.17, 15) is 4.79 Å². The molecule has 0 aliphatic heterocycles. The Hall–Kier alpha value is -0.770. The average molecular weight is 186 g/mol. The van der Waals surface area contributed by atoms with E-state index >= 15 is 0 Å². The van der Waals surface area contributed by atoms with Gasteiger partial charge in [0.1, 0.15) is 6.10 Å². The molecular formula is C9H18N2O2. The third-order valence-corrected chi connectivity index (χ3v) is 2.31. The van der Waals surface area contributed by atoms with Crippen molar-refractivity contribution in [3.8, 4) is 0 Å². The first-order chi connectivity index (χ1) is 6.22. The maximum atomic E-state index is 11.0. The highest BCUT2D eigenvalue weighted by Gasteiger charge is 2.21. The molecule has 0 spiro atoms. The second-order valence-corrected chi connectivity index (χ2v) is 3.47. The van der Waals surface area contributed by atoms with Crippen LogP contribution < -0.4 is 11.1 Å². The van der Waals surface area contributed by atoms with Gasteiger partial charge in [-0.3, -0.25) is 0 Å². The second kappa shape index (κ2) is 5.07. The maximum Gasteiger partial charge on any atom is 0.407 e. The molecule has 4 nitrogen and oxygen atoms in total. The Bertz CT molecular complexity index is 165. The van der Waals surface area contributed by atoms with Gasteiger partial charge in [-0.1, -0.05) is 0 Å². The van der Waals surface area contributed by atoms with Crippen LogP contribution in [-0.4, -0.2) is 24.8 Å². The predicted octanol–water partition coefficient (Wildman–Crippen LogP) is 1.00. The largest absolute Gasteiger partial charge is 0.446 e. The normalized spacial score (nSPS) is 28.2. The SMILES string of the molecule is CCNC(=O)OC1CCC(N)CC1. The fourth-order valence-electron chi connectivity index (χ4n) is 1.54. The Labute approximate surface area is 78.8 Å². The monoisotopic (exact) mass is 186 g/mol. The molecule has 76 valence electrons. The molecule has 3 N–H and O–H groups in total. The van der Waals surface area contributed by atoms with E-state index in [1.807, 2.05) is 6.92 Å². The number of nitrogens with one attached hydrogen (secondary N) is 1. The second-order valence-electron chi connectivity index (χ2n) is 3.47. The van der Waals surface area contributed by atoms with Crippen LogP contribution in [0, 0.1) is 0 Å². The van der Waals surface area contributed by atoms with Gasteiger partial charge in [0.05, 0.1) is 0 Å². The van der Waals surface area contributed by atoms with Crippen LogP contribution in [0.5, 0.6) is 0 Å². The molecule has 1 fully saturated rings. The van der Waals surface area contributed by atoms with E-state index in [-0.39, 0.29) is 12.2 Å². The number of alkyl carbamates (subject to hydrolysis) is 1. The number of rotatable bonds is 2. The Kier molecular flexibility index (Phi) is 4.02. The summed E-state index contributed by atoms with van der Waals surface area (Å²) in [7, 11) is 0. The zero-order valence-electron chi connectivity index (χ0n) is 8.08. The van der Waals surface area contributed by atoms with E-state index in [2.05, 4.69) is 5.32 Å². The highest BCUT2D eigenvalue weighted by molar-refractivity contribution is 5.67. The fourth-order valence-corrected chi connectivity index (χ4v) is 1.54. The van der Waals surface area contributed by atoms with Crippen molar-refractivity contribution in [3.63, 3.8) is 0 Å². The number of carbonyl (C=O) groups excluding carboxylic acids is 1. The van der Waals surface area contributed by atoms with E-state index < -0.39 is 0 Å². The van der Waals surface area contributed by atoms with Gasteiger partial charge < -0.3 is 15.8 Å². The first-order valence-corrected chi connectivity index (χ1v) is 4.92. The van der Waals surface area contributed by atoms with Crippen LogP contribution >= 0.6 is 0 Å². The van der Waals surface area contributed by atoms with Gasteiger partial charge in [0, 0.05) is 12.6 Å². The van der Waals surface area contributed by atoms with Crippen molar-refractivity contribution in [1.29, 1.82) is 0 Å². The smallest absolute Gasteiger partial charge is 0.407 e. The summed E-state index contributed by atoms with van der Waals surface area (Å²) in [4.78, 5) is 11.0. The summed E-state index contributed by atoms with van der Waals surface area (Å²) >= 11 is 0. The number of hydrogen-bond acceptors (Lipinski definition) is 3. The lowest BCUT2D eigenvalue weighted by atomic mass is 9.94. The van der Waals surface area contributed by atoms with Gasteiger partial charge in [-0.2, -0.15) is 0 Å². The molecule has 1 saturated carbocycles. The quantitative estimate of drug-likeness (QED) is 0.676. The topological polar surface area (TPSA) is 64.3 Å². The van der Waals surface area contributed by atoms with E-state index in [1.165, 1.54) is 0 Å². The lowest BCUT2D eigenvalue weighted by molar-refractivity contribution is 0.0723. The van der Waals surface area contributed by atoms with Crippen LogP contribution in [0.15, 0.2) is 0 Å². The molecular weight excluding hydrogens is 168 g/mol. The van der Waals surface area contributed by atoms with Crippen LogP contribution in [0.2, 0.25) is 0 Å². The van der Waals surface area contributed by atoms with Gasteiger partial charge in [-0.05, 0) is 32.6 Å². The minimum absolute atomic E-state index is 0.0753. The standard InChI is InChI=1S/C9H18N2O2/c1-2-11-9(12)13-8-5-3-7(10)4-6-8/h7-8H,2-6,10H2,1H3,(H,11,12). The van der Waals surface area contributed by atoms with Gasteiger partial charge >= 0.3 is 6.09 Å². The van der Waals surface area contributed by atoms with Gasteiger partial charge in [0.15, 0.2) is 0 Å². The van der Waals surface area contributed by atoms with E-state index in [0.29, 0.717) is 12.6 Å². The van der Waals surface area contributed by atoms with Crippen LogP contribution in [-0.2, 0) is 4.74 Å². The zero-order chi connectivity index (χ0) is 9.68. The summed E-state index contributed by atoms with van der Waals surface area (Å²) in [6.45, 7) is 2.49. The molecule has 0 bridgehead atoms. The van der Waals surface area contributed by atoms with Crippen molar-refractivity contribution in [3.05, 3.63) is 0 Å². The molecule has 1 aliphatic rings. The molecule has 1 aliphatic carbocycles. The van der Waals surface area contributed by atoms with E-state index in [0.717, 1.165) is 25.7 Å². The van der Waals surface area contributed by atoms with Crippen LogP contribution in [0.4, 0.5) is 4.79 Å². The third kappa shape index (κ3) is 3.63. The van der Waals surface area contributed by atoms with Crippen LogP contribution in [0.3, 0.4) is 0 Å². The molecule has 0 aromatic carbocycles. The summed E-state index contributed by atoms with van der Waals surface area (Å²) in [5.74, 6) is 0. The summed E-state index contributed by atoms with van der Waals surface area (Å²) in [5.41, 5.74) is 5.73. The molecule has 0 saturated heterocycles. The minimum Gasteiger partial charge on any atom is -0.446 e. The number of hydrogen-bond donors (Lipinski definition) is 2. The van der Waals surface area contributed by atoms with Crippen LogP contribution in [0.1, 0.15) is 32.6 Å². The van der Waals surface area contributed by atoms with Gasteiger partial charge in [-0.25, -0.2) is 4.79 Å². The third-order valence-electron chi connectivity index (χ3n) is 2.31. The van der Waals surface area contributed by atoms with Crippen molar-refractivity contribution in [2.75, 3.05) is 6.54 Å². The Morgan fingerprint density at radius 2 is 2.08 bits per heavy atom. The molecule has 13 heavy (non-hydrogen) atoms. The lowest BCUT2D eigenvalue weighted by Gasteiger charge is -2.25. The lowest BCUT2D eigenvalue weighted by Crippen LogP contribution is -2.34. The van der Waals surface area contributed by atoms with E-state index in [4.69, 9.17) is 10.5 Å². The number of carbonyl (C=O) groups is 1. The summed E-state index contributed by atoms with van der Waals surface area (Å²) < 4.78 is 5.17. The fraction of sp³-hybridized carbons (Fsp3) is 0.889. The van der Waals surface area contributed by atoms with Gasteiger partial charge in [0.2, 0.25) is 0 Å². The Morgan fingerprint density at radius 3 is 2.62 bits per heavy atom. The molecule has 0 aromatic heterocycles.